The minimum atomic E-state index is -3.06. The Balaban J connectivity index is 1.70. The SMILES string of the molecule is COCCN(C(=O)C1CC1c1cccc(F)c1)C1CCS(=O)(=O)C1. The molecule has 2 fully saturated rings. The van der Waals surface area contributed by atoms with Gasteiger partial charge in [-0.2, -0.15) is 0 Å². The quantitative estimate of drug-likeness (QED) is 0.777. The first-order valence-electron chi connectivity index (χ1n) is 8.16. The molecule has 3 rings (SSSR count). The topological polar surface area (TPSA) is 63.7 Å². The van der Waals surface area contributed by atoms with Crippen molar-refractivity contribution in [3.8, 4) is 0 Å². The summed E-state index contributed by atoms with van der Waals surface area (Å²) in [5.41, 5.74) is 0.832. The Kier molecular flexibility index (Phi) is 4.92. The second kappa shape index (κ2) is 6.80. The molecule has 0 N–H and O–H groups in total. The van der Waals surface area contributed by atoms with Gasteiger partial charge in [0.1, 0.15) is 5.82 Å². The molecule has 1 aliphatic carbocycles. The van der Waals surface area contributed by atoms with Crippen molar-refractivity contribution in [1.29, 1.82) is 0 Å². The van der Waals surface area contributed by atoms with Crippen LogP contribution in [0.25, 0.3) is 0 Å². The van der Waals surface area contributed by atoms with Gasteiger partial charge in [-0.05, 0) is 36.5 Å². The highest BCUT2D eigenvalue weighted by Gasteiger charge is 2.48. The van der Waals surface area contributed by atoms with E-state index in [0.29, 0.717) is 26.0 Å². The van der Waals surface area contributed by atoms with Crippen LogP contribution in [0.5, 0.6) is 0 Å². The van der Waals surface area contributed by atoms with Crippen LogP contribution in [-0.4, -0.2) is 57.0 Å². The van der Waals surface area contributed by atoms with E-state index in [1.807, 2.05) is 6.07 Å². The van der Waals surface area contributed by atoms with E-state index in [2.05, 4.69) is 0 Å². The number of sulfone groups is 1. The lowest BCUT2D eigenvalue weighted by Gasteiger charge is -2.28. The van der Waals surface area contributed by atoms with Crippen molar-refractivity contribution in [2.45, 2.75) is 24.8 Å². The molecule has 1 amide bonds. The fraction of sp³-hybridized carbons (Fsp3) is 0.588. The Morgan fingerprint density at radius 3 is 2.83 bits per heavy atom. The van der Waals surface area contributed by atoms with Crippen molar-refractivity contribution in [2.75, 3.05) is 31.8 Å². The summed E-state index contributed by atoms with van der Waals surface area (Å²) in [6.45, 7) is 0.765. The number of carbonyl (C=O) groups is 1. The van der Waals surface area contributed by atoms with Gasteiger partial charge in [0.05, 0.1) is 18.1 Å². The molecule has 1 heterocycles. The number of ether oxygens (including phenoxy) is 1. The fourth-order valence-corrected chi connectivity index (χ4v) is 5.20. The Bertz CT molecular complexity index is 721. The van der Waals surface area contributed by atoms with Crippen LogP contribution in [0.1, 0.15) is 24.3 Å². The first kappa shape index (κ1) is 17.4. The molecule has 0 spiro atoms. The molecule has 1 aromatic carbocycles. The summed E-state index contributed by atoms with van der Waals surface area (Å²) in [6.07, 6.45) is 1.17. The van der Waals surface area contributed by atoms with Crippen molar-refractivity contribution < 1.29 is 22.3 Å². The highest BCUT2D eigenvalue weighted by Crippen LogP contribution is 2.49. The average Bonchev–Trinajstić information content (AvgIpc) is 3.26. The molecular weight excluding hydrogens is 333 g/mol. The van der Waals surface area contributed by atoms with Gasteiger partial charge in [-0.15, -0.1) is 0 Å². The summed E-state index contributed by atoms with van der Waals surface area (Å²) in [5, 5.41) is 0. The van der Waals surface area contributed by atoms with E-state index < -0.39 is 9.84 Å². The molecule has 3 atom stereocenters. The molecule has 3 unspecified atom stereocenters. The zero-order valence-corrected chi connectivity index (χ0v) is 14.5. The van der Waals surface area contributed by atoms with Crippen molar-refractivity contribution in [3.63, 3.8) is 0 Å². The molecule has 1 aliphatic heterocycles. The van der Waals surface area contributed by atoms with Gasteiger partial charge in [0.2, 0.25) is 5.91 Å². The molecule has 1 saturated carbocycles. The second-order valence-corrected chi connectivity index (χ2v) is 8.81. The van der Waals surface area contributed by atoms with Gasteiger partial charge in [-0.25, -0.2) is 12.8 Å². The Morgan fingerprint density at radius 1 is 1.42 bits per heavy atom. The first-order valence-corrected chi connectivity index (χ1v) is 9.99. The third-order valence-corrected chi connectivity index (χ3v) is 6.60. The van der Waals surface area contributed by atoms with E-state index in [9.17, 15) is 17.6 Å². The van der Waals surface area contributed by atoms with Crippen molar-refractivity contribution in [2.24, 2.45) is 5.92 Å². The first-order chi connectivity index (χ1) is 11.4. The van der Waals surface area contributed by atoms with Gasteiger partial charge in [0.25, 0.3) is 0 Å². The molecular formula is C17H22FNO4S. The van der Waals surface area contributed by atoms with Crippen LogP contribution >= 0.6 is 0 Å². The van der Waals surface area contributed by atoms with Crippen molar-refractivity contribution in [3.05, 3.63) is 35.6 Å². The zero-order chi connectivity index (χ0) is 17.3. The highest BCUT2D eigenvalue weighted by molar-refractivity contribution is 7.91. The number of amides is 1. The van der Waals surface area contributed by atoms with Gasteiger partial charge < -0.3 is 9.64 Å². The second-order valence-electron chi connectivity index (χ2n) is 6.58. The molecule has 132 valence electrons. The van der Waals surface area contributed by atoms with Gasteiger partial charge in [0.15, 0.2) is 9.84 Å². The summed E-state index contributed by atoms with van der Waals surface area (Å²) in [6, 6.07) is 6.07. The number of hydrogen-bond donors (Lipinski definition) is 0. The predicted molar refractivity (Wildman–Crippen MR) is 87.9 cm³/mol. The number of benzene rings is 1. The lowest BCUT2D eigenvalue weighted by Crippen LogP contribution is -2.44. The van der Waals surface area contributed by atoms with Crippen LogP contribution in [0.3, 0.4) is 0 Å². The van der Waals surface area contributed by atoms with Crippen LogP contribution in [0, 0.1) is 11.7 Å². The standard InChI is InChI=1S/C17H22FNO4S/c1-23-7-6-19(14-5-8-24(21,22)11-14)17(20)16-10-15(16)12-3-2-4-13(18)9-12/h2-4,9,14-16H,5-8,10-11H2,1H3. The van der Waals surface area contributed by atoms with Crippen LogP contribution < -0.4 is 0 Å². The third kappa shape index (κ3) is 3.78. The normalized spacial score (nSPS) is 27.8. The summed E-state index contributed by atoms with van der Waals surface area (Å²) in [5.74, 6) is -0.345. The van der Waals surface area contributed by atoms with E-state index in [1.54, 1.807) is 18.1 Å². The van der Waals surface area contributed by atoms with E-state index in [4.69, 9.17) is 4.74 Å². The molecule has 1 aromatic rings. The monoisotopic (exact) mass is 355 g/mol. The van der Waals surface area contributed by atoms with Gasteiger partial charge >= 0.3 is 0 Å². The minimum Gasteiger partial charge on any atom is -0.383 e. The third-order valence-electron chi connectivity index (χ3n) is 4.85. The van der Waals surface area contributed by atoms with Crippen LogP contribution in [0.4, 0.5) is 4.39 Å². The molecule has 0 radical (unpaired) electrons. The van der Waals surface area contributed by atoms with E-state index in [0.717, 1.165) is 5.56 Å². The number of nitrogens with zero attached hydrogens (tertiary/aromatic N) is 1. The lowest BCUT2D eigenvalue weighted by molar-refractivity contribution is -0.135. The molecule has 7 heteroatoms. The van der Waals surface area contributed by atoms with E-state index >= 15 is 0 Å². The molecule has 0 bridgehead atoms. The summed E-state index contributed by atoms with van der Waals surface area (Å²) in [7, 11) is -1.50. The molecule has 2 aliphatic rings. The fourth-order valence-electron chi connectivity index (χ4n) is 3.47. The van der Waals surface area contributed by atoms with Crippen LogP contribution in [0.15, 0.2) is 24.3 Å². The van der Waals surface area contributed by atoms with E-state index in [-0.39, 0.29) is 41.1 Å². The smallest absolute Gasteiger partial charge is 0.226 e. The van der Waals surface area contributed by atoms with Gasteiger partial charge in [-0.3, -0.25) is 4.79 Å². The Morgan fingerprint density at radius 2 is 2.21 bits per heavy atom. The molecule has 5 nitrogen and oxygen atoms in total. The van der Waals surface area contributed by atoms with Gasteiger partial charge in [-0.1, -0.05) is 12.1 Å². The highest BCUT2D eigenvalue weighted by atomic mass is 32.2. The van der Waals surface area contributed by atoms with E-state index in [1.165, 1.54) is 12.1 Å². The Labute approximate surface area is 141 Å². The number of carbonyl (C=O) groups excluding carboxylic acids is 1. The molecule has 24 heavy (non-hydrogen) atoms. The number of rotatable bonds is 6. The maximum absolute atomic E-state index is 13.4. The summed E-state index contributed by atoms with van der Waals surface area (Å²) in [4.78, 5) is 14.5. The molecule has 0 aromatic heterocycles. The van der Waals surface area contributed by atoms with Crippen LogP contribution in [-0.2, 0) is 19.4 Å². The van der Waals surface area contributed by atoms with Crippen molar-refractivity contribution in [1.82, 2.24) is 4.90 Å². The number of methoxy groups -OCH3 is 1. The van der Waals surface area contributed by atoms with Crippen molar-refractivity contribution >= 4 is 15.7 Å². The maximum atomic E-state index is 13.4. The summed E-state index contributed by atoms with van der Waals surface area (Å²) < 4.78 is 41.9. The van der Waals surface area contributed by atoms with Crippen LogP contribution in [0.2, 0.25) is 0 Å². The molecule has 1 saturated heterocycles. The Hall–Kier alpha value is -1.47. The largest absolute Gasteiger partial charge is 0.383 e. The zero-order valence-electron chi connectivity index (χ0n) is 13.7. The summed E-state index contributed by atoms with van der Waals surface area (Å²) >= 11 is 0. The predicted octanol–water partition coefficient (Wildman–Crippen LogP) is 1.59. The van der Waals surface area contributed by atoms with Gasteiger partial charge in [0, 0.05) is 25.6 Å². The minimum absolute atomic E-state index is 0.0243. The maximum Gasteiger partial charge on any atom is 0.226 e. The number of hydrogen-bond acceptors (Lipinski definition) is 4. The average molecular weight is 355 g/mol. The lowest BCUT2D eigenvalue weighted by atomic mass is 10.1. The number of halogens is 1.